The Morgan fingerprint density at radius 3 is 2.87 bits per heavy atom. The Morgan fingerprint density at radius 1 is 1.33 bits per heavy atom. The third kappa shape index (κ3) is 2.81. The van der Waals surface area contributed by atoms with Crippen LogP contribution in [0.3, 0.4) is 0 Å². The van der Waals surface area contributed by atoms with Crippen molar-refractivity contribution in [2.45, 2.75) is 45.1 Å². The second kappa shape index (κ2) is 5.31. The number of hydrogen-bond acceptors (Lipinski definition) is 2. The van der Waals surface area contributed by atoms with Crippen LogP contribution < -0.4 is 5.73 Å². The lowest BCUT2D eigenvalue weighted by Crippen LogP contribution is -2.16. The molecule has 0 spiro atoms. The zero-order chi connectivity index (χ0) is 10.5. The fraction of sp³-hybridized carbons (Fsp3) is 0.750. The van der Waals surface area contributed by atoms with Crippen molar-refractivity contribution < 1.29 is 0 Å². The Hall–Kier alpha value is -0.830. The minimum absolute atomic E-state index is 0.719. The van der Waals surface area contributed by atoms with Crippen LogP contribution in [-0.4, -0.2) is 16.1 Å². The third-order valence-electron chi connectivity index (χ3n) is 3.38. The Labute approximate surface area is 91.7 Å². The molecule has 0 aliphatic heterocycles. The van der Waals surface area contributed by atoms with Crippen LogP contribution >= 0.6 is 0 Å². The van der Waals surface area contributed by atoms with Crippen LogP contribution in [0, 0.1) is 5.92 Å². The van der Waals surface area contributed by atoms with E-state index >= 15 is 0 Å². The first-order chi connectivity index (χ1) is 7.40. The van der Waals surface area contributed by atoms with Crippen molar-refractivity contribution >= 4 is 0 Å². The quantitative estimate of drug-likeness (QED) is 0.820. The van der Waals surface area contributed by atoms with E-state index in [-0.39, 0.29) is 0 Å². The van der Waals surface area contributed by atoms with E-state index in [1.807, 2.05) is 12.5 Å². The summed E-state index contributed by atoms with van der Waals surface area (Å²) in [6.45, 7) is 1.87. The predicted octanol–water partition coefficient (Wildman–Crippen LogP) is 1.96. The second-order valence-corrected chi connectivity index (χ2v) is 4.58. The van der Waals surface area contributed by atoms with Crippen molar-refractivity contribution in [3.8, 4) is 0 Å². The lowest BCUT2D eigenvalue weighted by molar-refractivity contribution is 0.316. The molecule has 1 saturated carbocycles. The van der Waals surface area contributed by atoms with E-state index < -0.39 is 0 Å². The summed E-state index contributed by atoms with van der Waals surface area (Å²) in [7, 11) is 0. The lowest BCUT2D eigenvalue weighted by atomic mass is 9.89. The summed E-state index contributed by atoms with van der Waals surface area (Å²) >= 11 is 0. The Morgan fingerprint density at radius 2 is 2.13 bits per heavy atom. The molecular weight excluding hydrogens is 186 g/mol. The first-order valence-electron chi connectivity index (χ1n) is 6.09. The highest BCUT2D eigenvalue weighted by atomic mass is 15.0. The number of hydrogen-bond donors (Lipinski definition) is 1. The van der Waals surface area contributed by atoms with E-state index in [9.17, 15) is 0 Å². The van der Waals surface area contributed by atoms with E-state index in [0.717, 1.165) is 25.4 Å². The van der Waals surface area contributed by atoms with Gasteiger partial charge in [-0.05, 0) is 25.3 Å². The van der Waals surface area contributed by atoms with Gasteiger partial charge in [0.05, 0.1) is 6.33 Å². The molecule has 0 aromatic carbocycles. The smallest absolute Gasteiger partial charge is 0.0948 e. The molecule has 0 amide bonds. The molecule has 2 rings (SSSR count). The number of nitrogens with zero attached hydrogens (tertiary/aromatic N) is 2. The SMILES string of the molecule is NCCc1cncn1CC1CCCCC1. The van der Waals surface area contributed by atoms with Crippen molar-refractivity contribution in [1.82, 2.24) is 9.55 Å². The normalized spacial score (nSPS) is 18.2. The van der Waals surface area contributed by atoms with Crippen LogP contribution in [0.5, 0.6) is 0 Å². The van der Waals surface area contributed by atoms with Gasteiger partial charge in [0.25, 0.3) is 0 Å². The van der Waals surface area contributed by atoms with Gasteiger partial charge in [-0.15, -0.1) is 0 Å². The van der Waals surface area contributed by atoms with Crippen molar-refractivity contribution in [3.63, 3.8) is 0 Å². The lowest BCUT2D eigenvalue weighted by Gasteiger charge is -2.22. The molecule has 0 unspecified atom stereocenters. The van der Waals surface area contributed by atoms with Crippen molar-refractivity contribution in [2.24, 2.45) is 11.7 Å². The summed E-state index contributed by atoms with van der Waals surface area (Å²) < 4.78 is 2.29. The van der Waals surface area contributed by atoms with Gasteiger partial charge in [0.15, 0.2) is 0 Å². The van der Waals surface area contributed by atoms with Crippen LogP contribution in [0.2, 0.25) is 0 Å². The van der Waals surface area contributed by atoms with Gasteiger partial charge in [0.1, 0.15) is 0 Å². The van der Waals surface area contributed by atoms with E-state index in [1.54, 1.807) is 0 Å². The van der Waals surface area contributed by atoms with Gasteiger partial charge >= 0.3 is 0 Å². The fourth-order valence-corrected chi connectivity index (χ4v) is 2.52. The molecular formula is C12H21N3. The van der Waals surface area contributed by atoms with Crippen LogP contribution in [-0.2, 0) is 13.0 Å². The van der Waals surface area contributed by atoms with Crippen LogP contribution in [0.4, 0.5) is 0 Å². The maximum absolute atomic E-state index is 5.58. The fourth-order valence-electron chi connectivity index (χ4n) is 2.52. The molecule has 84 valence electrons. The van der Waals surface area contributed by atoms with Gasteiger partial charge in [-0.3, -0.25) is 0 Å². The summed E-state index contributed by atoms with van der Waals surface area (Å²) in [4.78, 5) is 4.21. The van der Waals surface area contributed by atoms with Crippen LogP contribution in [0.1, 0.15) is 37.8 Å². The van der Waals surface area contributed by atoms with Gasteiger partial charge in [0.2, 0.25) is 0 Å². The molecule has 1 aliphatic rings. The van der Waals surface area contributed by atoms with Crippen molar-refractivity contribution in [2.75, 3.05) is 6.54 Å². The molecule has 1 aromatic rings. The van der Waals surface area contributed by atoms with E-state index in [2.05, 4.69) is 9.55 Å². The molecule has 3 heteroatoms. The van der Waals surface area contributed by atoms with Gasteiger partial charge in [-0.2, -0.15) is 0 Å². The van der Waals surface area contributed by atoms with Gasteiger partial charge in [-0.25, -0.2) is 4.98 Å². The Balaban J connectivity index is 1.93. The monoisotopic (exact) mass is 207 g/mol. The summed E-state index contributed by atoms with van der Waals surface area (Å²) in [5.41, 5.74) is 6.88. The van der Waals surface area contributed by atoms with Crippen LogP contribution in [0.15, 0.2) is 12.5 Å². The number of imidazole rings is 1. The molecule has 0 bridgehead atoms. The average molecular weight is 207 g/mol. The van der Waals surface area contributed by atoms with Crippen molar-refractivity contribution in [1.29, 1.82) is 0 Å². The zero-order valence-corrected chi connectivity index (χ0v) is 9.36. The van der Waals surface area contributed by atoms with Gasteiger partial charge < -0.3 is 10.3 Å². The average Bonchev–Trinajstić information content (AvgIpc) is 2.68. The van der Waals surface area contributed by atoms with Gasteiger partial charge in [-0.1, -0.05) is 19.3 Å². The first-order valence-corrected chi connectivity index (χ1v) is 6.09. The zero-order valence-electron chi connectivity index (χ0n) is 9.36. The number of rotatable bonds is 4. The predicted molar refractivity (Wildman–Crippen MR) is 61.6 cm³/mol. The number of aromatic nitrogens is 2. The number of nitrogens with two attached hydrogens (primary N) is 1. The second-order valence-electron chi connectivity index (χ2n) is 4.58. The largest absolute Gasteiger partial charge is 0.334 e. The molecule has 1 aromatic heterocycles. The maximum Gasteiger partial charge on any atom is 0.0948 e. The molecule has 1 fully saturated rings. The van der Waals surface area contributed by atoms with Crippen LogP contribution in [0.25, 0.3) is 0 Å². The summed E-state index contributed by atoms with van der Waals surface area (Å²) in [5.74, 6) is 0.865. The molecule has 1 aliphatic carbocycles. The van der Waals surface area contributed by atoms with E-state index in [1.165, 1.54) is 37.8 Å². The molecule has 2 N–H and O–H groups in total. The molecule has 15 heavy (non-hydrogen) atoms. The van der Waals surface area contributed by atoms with E-state index in [0.29, 0.717) is 0 Å². The highest BCUT2D eigenvalue weighted by molar-refractivity contribution is 4.99. The molecule has 0 saturated heterocycles. The summed E-state index contributed by atoms with van der Waals surface area (Å²) in [5, 5.41) is 0. The van der Waals surface area contributed by atoms with Gasteiger partial charge in [0, 0.05) is 24.9 Å². The minimum atomic E-state index is 0.719. The summed E-state index contributed by atoms with van der Waals surface area (Å²) in [6.07, 6.45) is 11.9. The molecule has 0 radical (unpaired) electrons. The topological polar surface area (TPSA) is 43.8 Å². The standard InChI is InChI=1S/C12H21N3/c13-7-6-12-8-14-10-15(12)9-11-4-2-1-3-5-11/h8,10-11H,1-7,9,13H2. The first kappa shape index (κ1) is 10.7. The summed E-state index contributed by atoms with van der Waals surface area (Å²) in [6, 6.07) is 0. The third-order valence-corrected chi connectivity index (χ3v) is 3.38. The molecule has 1 heterocycles. The Bertz CT molecular complexity index is 287. The highest BCUT2D eigenvalue weighted by Crippen LogP contribution is 2.25. The molecule has 3 nitrogen and oxygen atoms in total. The highest BCUT2D eigenvalue weighted by Gasteiger charge is 2.14. The molecule has 0 atom stereocenters. The van der Waals surface area contributed by atoms with Crippen molar-refractivity contribution in [3.05, 3.63) is 18.2 Å². The van der Waals surface area contributed by atoms with E-state index in [4.69, 9.17) is 5.73 Å². The maximum atomic E-state index is 5.58. The minimum Gasteiger partial charge on any atom is -0.334 e. The Kier molecular flexibility index (Phi) is 3.78.